The fraction of sp³-hybridized carbons (Fsp3) is 0.393. The largest absolute Gasteiger partial charge is 0.378 e. The van der Waals surface area contributed by atoms with E-state index in [-0.39, 0.29) is 5.91 Å². The molecule has 3 aromatic rings. The molecule has 2 N–H and O–H groups in total. The minimum Gasteiger partial charge on any atom is -0.378 e. The van der Waals surface area contributed by atoms with Gasteiger partial charge in [-0.3, -0.25) is 14.6 Å². The number of hydrogen-bond acceptors (Lipinski definition) is 8. The van der Waals surface area contributed by atoms with E-state index in [0.29, 0.717) is 19.0 Å². The maximum Gasteiger partial charge on any atom is 0.234 e. The van der Waals surface area contributed by atoms with Gasteiger partial charge in [0, 0.05) is 75.5 Å². The third-order valence-corrected chi connectivity index (χ3v) is 7.31. The number of piperazine rings is 1. The van der Waals surface area contributed by atoms with E-state index < -0.39 is 0 Å². The Hall–Kier alpha value is -3.53. The van der Waals surface area contributed by atoms with Crippen LogP contribution in [0.15, 0.2) is 54.7 Å². The summed E-state index contributed by atoms with van der Waals surface area (Å²) in [6.45, 7) is 8.74. The molecule has 1 aromatic heterocycles. The molecule has 6 aliphatic rings. The first-order valence-electron chi connectivity index (χ1n) is 13.1. The Labute approximate surface area is 217 Å². The Morgan fingerprint density at radius 1 is 0.838 bits per heavy atom. The summed E-state index contributed by atoms with van der Waals surface area (Å²) in [5.41, 5.74) is 6.44. The highest BCUT2D eigenvalue weighted by Crippen LogP contribution is 2.29. The summed E-state index contributed by atoms with van der Waals surface area (Å²) in [5.74, 6) is 0.641. The number of morpholine rings is 1. The zero-order valence-electron chi connectivity index (χ0n) is 21.0. The van der Waals surface area contributed by atoms with Gasteiger partial charge in [0.25, 0.3) is 0 Å². The molecule has 37 heavy (non-hydrogen) atoms. The van der Waals surface area contributed by atoms with Crippen LogP contribution in [0, 0.1) is 0 Å². The van der Waals surface area contributed by atoms with Crippen LogP contribution in [0.1, 0.15) is 11.1 Å². The van der Waals surface area contributed by atoms with E-state index >= 15 is 0 Å². The quantitative estimate of drug-likeness (QED) is 0.528. The molecular weight excluding hydrogens is 466 g/mol. The molecule has 2 fully saturated rings. The van der Waals surface area contributed by atoms with Crippen molar-refractivity contribution in [1.29, 1.82) is 0 Å². The van der Waals surface area contributed by atoms with E-state index in [4.69, 9.17) is 9.72 Å². The number of benzene rings is 2. The molecule has 0 saturated carbocycles. The van der Waals surface area contributed by atoms with E-state index in [9.17, 15) is 4.79 Å². The highest BCUT2D eigenvalue weighted by Gasteiger charge is 2.22. The van der Waals surface area contributed by atoms with E-state index in [1.54, 1.807) is 6.20 Å². The summed E-state index contributed by atoms with van der Waals surface area (Å²) < 4.78 is 5.60. The number of ether oxygens (including phenoxy) is 1. The second-order valence-electron chi connectivity index (χ2n) is 9.86. The highest BCUT2D eigenvalue weighted by atomic mass is 16.5. The number of nitrogens with zero attached hydrogens (tertiary/aromatic N) is 5. The van der Waals surface area contributed by atoms with Crippen molar-refractivity contribution in [1.82, 2.24) is 25.1 Å². The average Bonchev–Trinajstić information content (AvgIpc) is 2.94. The van der Waals surface area contributed by atoms with Gasteiger partial charge >= 0.3 is 0 Å². The average molecular weight is 500 g/mol. The van der Waals surface area contributed by atoms with Crippen LogP contribution in [0.3, 0.4) is 0 Å². The lowest BCUT2D eigenvalue weighted by Gasteiger charge is -2.36. The lowest BCUT2D eigenvalue weighted by atomic mass is 10.1. The molecule has 0 atom stereocenters. The van der Waals surface area contributed by atoms with E-state index in [1.807, 2.05) is 30.3 Å². The van der Waals surface area contributed by atoms with Crippen molar-refractivity contribution in [3.8, 4) is 11.3 Å². The monoisotopic (exact) mass is 499 g/mol. The standard InChI is InChI=1S/C28H33N7O2/c36-27-20-34-11-9-33(10-12-34)19-23-17-24(5-6-26(23)35-13-15-37-16-14-35)31-28-29-8-7-25(32-28)22-3-1-21(2-4-22)18-30-27/h1-8,17H,9-16,18-20H2,(H,30,36)(H,29,31,32). The Morgan fingerprint density at radius 3 is 2.38 bits per heavy atom. The van der Waals surface area contributed by atoms with E-state index in [2.05, 4.69) is 48.5 Å². The molecular formula is C28H33N7O2. The Bertz CT molecular complexity index is 1240. The molecule has 7 heterocycles. The SMILES string of the molecule is O=C1CN2CCN(CC2)Cc2cc(ccc2N2CCOCC2)Nc2nccc(n2)-c2ccc(cc2)CN1. The highest BCUT2D eigenvalue weighted by molar-refractivity contribution is 5.78. The smallest absolute Gasteiger partial charge is 0.234 e. The molecule has 2 saturated heterocycles. The number of aromatic nitrogens is 2. The first kappa shape index (κ1) is 23.8. The van der Waals surface area contributed by atoms with Crippen LogP contribution in [0.2, 0.25) is 0 Å². The molecule has 1 amide bonds. The summed E-state index contributed by atoms with van der Waals surface area (Å²) in [4.78, 5) is 29.0. The van der Waals surface area contributed by atoms with Crippen LogP contribution in [0.5, 0.6) is 0 Å². The number of nitrogens with one attached hydrogen (secondary N) is 2. The van der Waals surface area contributed by atoms with Crippen LogP contribution < -0.4 is 15.5 Å². The normalized spacial score (nSPS) is 22.3. The third kappa shape index (κ3) is 5.74. The van der Waals surface area contributed by atoms with Crippen LogP contribution >= 0.6 is 0 Å². The molecule has 2 aromatic carbocycles. The Morgan fingerprint density at radius 2 is 1.59 bits per heavy atom. The predicted octanol–water partition coefficient (Wildman–Crippen LogP) is 2.47. The molecule has 0 spiro atoms. The first-order chi connectivity index (χ1) is 18.2. The molecule has 8 bridgehead atoms. The summed E-state index contributed by atoms with van der Waals surface area (Å²) in [6, 6.07) is 16.6. The summed E-state index contributed by atoms with van der Waals surface area (Å²) in [7, 11) is 0. The molecule has 0 unspecified atom stereocenters. The zero-order valence-corrected chi connectivity index (χ0v) is 21.0. The Balaban J connectivity index is 1.33. The number of carbonyl (C=O) groups excluding carboxylic acids is 1. The molecule has 9 heteroatoms. The topological polar surface area (TPSA) is 85.9 Å². The van der Waals surface area contributed by atoms with Gasteiger partial charge in [0.05, 0.1) is 25.5 Å². The van der Waals surface area contributed by atoms with Gasteiger partial charge in [-0.2, -0.15) is 0 Å². The van der Waals surface area contributed by atoms with Gasteiger partial charge in [0.15, 0.2) is 0 Å². The molecule has 0 aliphatic carbocycles. The van der Waals surface area contributed by atoms with Gasteiger partial charge in [0.2, 0.25) is 11.9 Å². The van der Waals surface area contributed by atoms with Crippen LogP contribution in [0.4, 0.5) is 17.3 Å². The summed E-state index contributed by atoms with van der Waals surface area (Å²) in [5, 5.41) is 6.51. The molecule has 9 rings (SSSR count). The second kappa shape index (κ2) is 10.8. The maximum absolute atomic E-state index is 12.6. The number of carbonyl (C=O) groups is 1. The van der Waals surface area contributed by atoms with Crippen molar-refractivity contribution in [3.63, 3.8) is 0 Å². The molecule has 9 nitrogen and oxygen atoms in total. The predicted molar refractivity (Wildman–Crippen MR) is 144 cm³/mol. The van der Waals surface area contributed by atoms with Crippen molar-refractivity contribution in [2.75, 3.05) is 69.2 Å². The number of hydrogen-bond donors (Lipinski definition) is 2. The van der Waals surface area contributed by atoms with Crippen molar-refractivity contribution in [2.24, 2.45) is 0 Å². The minimum atomic E-state index is 0.0701. The van der Waals surface area contributed by atoms with Crippen molar-refractivity contribution < 1.29 is 9.53 Å². The third-order valence-electron chi connectivity index (χ3n) is 7.31. The van der Waals surface area contributed by atoms with Crippen molar-refractivity contribution in [2.45, 2.75) is 13.1 Å². The van der Waals surface area contributed by atoms with Gasteiger partial charge in [0.1, 0.15) is 0 Å². The van der Waals surface area contributed by atoms with Gasteiger partial charge in [-0.25, -0.2) is 9.97 Å². The van der Waals surface area contributed by atoms with Crippen molar-refractivity contribution >= 4 is 23.2 Å². The van der Waals surface area contributed by atoms with Crippen LogP contribution in [-0.4, -0.2) is 84.7 Å². The van der Waals surface area contributed by atoms with Crippen molar-refractivity contribution in [3.05, 3.63) is 65.9 Å². The molecule has 6 aliphatic heterocycles. The van der Waals surface area contributed by atoms with Gasteiger partial charge < -0.3 is 20.3 Å². The lowest BCUT2D eigenvalue weighted by Crippen LogP contribution is -2.49. The van der Waals surface area contributed by atoms with Gasteiger partial charge in [-0.1, -0.05) is 24.3 Å². The second-order valence-corrected chi connectivity index (χ2v) is 9.86. The van der Waals surface area contributed by atoms with E-state index in [1.165, 1.54) is 11.3 Å². The number of anilines is 3. The number of rotatable bonds is 1. The fourth-order valence-electron chi connectivity index (χ4n) is 5.21. The maximum atomic E-state index is 12.6. The zero-order chi connectivity index (χ0) is 25.0. The Kier molecular flexibility index (Phi) is 6.98. The summed E-state index contributed by atoms with van der Waals surface area (Å²) >= 11 is 0. The molecule has 192 valence electrons. The van der Waals surface area contributed by atoms with E-state index in [0.717, 1.165) is 81.5 Å². The van der Waals surface area contributed by atoms with Gasteiger partial charge in [-0.15, -0.1) is 0 Å². The fourth-order valence-corrected chi connectivity index (χ4v) is 5.21. The minimum absolute atomic E-state index is 0.0701. The number of amides is 1. The van der Waals surface area contributed by atoms with Crippen LogP contribution in [-0.2, 0) is 22.6 Å². The lowest BCUT2D eigenvalue weighted by molar-refractivity contribution is -0.122. The van der Waals surface area contributed by atoms with Gasteiger partial charge in [-0.05, 0) is 35.4 Å². The summed E-state index contributed by atoms with van der Waals surface area (Å²) in [6.07, 6.45) is 1.79. The first-order valence-corrected chi connectivity index (χ1v) is 13.1. The van der Waals surface area contributed by atoms with Crippen LogP contribution in [0.25, 0.3) is 11.3 Å². The molecule has 0 radical (unpaired) electrons.